The number of hydrogen-bond acceptors (Lipinski definition) is 2. The van der Waals surface area contributed by atoms with Crippen LogP contribution in [-0.4, -0.2) is 13.1 Å². The molecule has 1 aromatic rings. The van der Waals surface area contributed by atoms with Crippen molar-refractivity contribution in [2.24, 2.45) is 17.6 Å². The Bertz CT molecular complexity index is 342. The van der Waals surface area contributed by atoms with Gasteiger partial charge >= 0.3 is 0 Å². The SMILES string of the molecule is CC(C)C(CN)CNc1ccc(Br)cc1F. The minimum Gasteiger partial charge on any atom is -0.382 e. The summed E-state index contributed by atoms with van der Waals surface area (Å²) >= 11 is 3.23. The van der Waals surface area contributed by atoms with Crippen LogP contribution in [0.15, 0.2) is 22.7 Å². The predicted octanol–water partition coefficient (Wildman–Crippen LogP) is 3.23. The van der Waals surface area contributed by atoms with Crippen molar-refractivity contribution >= 4 is 21.6 Å². The van der Waals surface area contributed by atoms with E-state index >= 15 is 0 Å². The Balaban J connectivity index is 2.60. The molecule has 0 aliphatic rings. The highest BCUT2D eigenvalue weighted by molar-refractivity contribution is 9.10. The van der Waals surface area contributed by atoms with E-state index in [0.29, 0.717) is 30.6 Å². The summed E-state index contributed by atoms with van der Waals surface area (Å²) in [4.78, 5) is 0. The molecule has 0 saturated carbocycles. The summed E-state index contributed by atoms with van der Waals surface area (Å²) < 4.78 is 14.2. The fourth-order valence-electron chi connectivity index (χ4n) is 1.47. The number of halogens is 2. The van der Waals surface area contributed by atoms with Gasteiger partial charge in [-0.1, -0.05) is 29.8 Å². The molecule has 0 saturated heterocycles. The van der Waals surface area contributed by atoms with Crippen LogP contribution in [0.5, 0.6) is 0 Å². The maximum absolute atomic E-state index is 13.5. The van der Waals surface area contributed by atoms with E-state index in [1.807, 2.05) is 6.07 Å². The summed E-state index contributed by atoms with van der Waals surface area (Å²) in [5.74, 6) is 0.618. The number of hydrogen-bond donors (Lipinski definition) is 2. The average molecular weight is 289 g/mol. The molecule has 0 bridgehead atoms. The molecule has 1 unspecified atom stereocenters. The normalized spacial score (nSPS) is 12.9. The Morgan fingerprint density at radius 1 is 1.44 bits per heavy atom. The van der Waals surface area contributed by atoms with E-state index in [0.717, 1.165) is 4.47 Å². The van der Waals surface area contributed by atoms with Gasteiger partial charge < -0.3 is 11.1 Å². The molecule has 0 aromatic heterocycles. The van der Waals surface area contributed by atoms with Gasteiger partial charge in [0.25, 0.3) is 0 Å². The molecular weight excluding hydrogens is 271 g/mol. The van der Waals surface area contributed by atoms with Crippen LogP contribution in [0.4, 0.5) is 10.1 Å². The van der Waals surface area contributed by atoms with Crippen molar-refractivity contribution < 1.29 is 4.39 Å². The summed E-state index contributed by atoms with van der Waals surface area (Å²) in [5, 5.41) is 3.10. The van der Waals surface area contributed by atoms with Crippen LogP contribution < -0.4 is 11.1 Å². The third kappa shape index (κ3) is 3.76. The number of anilines is 1. The van der Waals surface area contributed by atoms with Gasteiger partial charge in [0, 0.05) is 11.0 Å². The smallest absolute Gasteiger partial charge is 0.147 e. The topological polar surface area (TPSA) is 38.0 Å². The van der Waals surface area contributed by atoms with Crippen LogP contribution in [0.1, 0.15) is 13.8 Å². The van der Waals surface area contributed by atoms with Crippen LogP contribution in [0, 0.1) is 17.7 Å². The molecule has 0 aliphatic heterocycles. The fourth-order valence-corrected chi connectivity index (χ4v) is 1.80. The molecule has 0 heterocycles. The molecule has 2 nitrogen and oxygen atoms in total. The first kappa shape index (κ1) is 13.5. The van der Waals surface area contributed by atoms with E-state index in [-0.39, 0.29) is 5.82 Å². The van der Waals surface area contributed by atoms with Gasteiger partial charge in [-0.3, -0.25) is 0 Å². The predicted molar refractivity (Wildman–Crippen MR) is 70.0 cm³/mol. The number of nitrogens with two attached hydrogens (primary N) is 1. The van der Waals surface area contributed by atoms with Crippen molar-refractivity contribution in [1.82, 2.24) is 0 Å². The number of nitrogens with one attached hydrogen (secondary N) is 1. The summed E-state index contributed by atoms with van der Waals surface area (Å²) in [7, 11) is 0. The van der Waals surface area contributed by atoms with Gasteiger partial charge in [-0.2, -0.15) is 0 Å². The van der Waals surface area contributed by atoms with Crippen LogP contribution in [-0.2, 0) is 0 Å². The third-order valence-electron chi connectivity index (χ3n) is 2.73. The summed E-state index contributed by atoms with van der Waals surface area (Å²) in [6.45, 7) is 5.56. The largest absolute Gasteiger partial charge is 0.382 e. The number of rotatable bonds is 5. The second-order valence-electron chi connectivity index (χ2n) is 4.24. The zero-order chi connectivity index (χ0) is 12.1. The molecule has 0 fully saturated rings. The molecule has 16 heavy (non-hydrogen) atoms. The summed E-state index contributed by atoms with van der Waals surface area (Å²) in [6, 6.07) is 5.00. The van der Waals surface area contributed by atoms with E-state index in [1.165, 1.54) is 6.07 Å². The molecule has 4 heteroatoms. The molecule has 0 amide bonds. The standard InChI is InChI=1S/C12H18BrFN2/c1-8(2)9(6-15)7-16-12-4-3-10(13)5-11(12)14/h3-5,8-9,16H,6-7,15H2,1-2H3. The summed E-state index contributed by atoms with van der Waals surface area (Å²) in [6.07, 6.45) is 0. The lowest BCUT2D eigenvalue weighted by Gasteiger charge is -2.20. The zero-order valence-corrected chi connectivity index (χ0v) is 11.2. The van der Waals surface area contributed by atoms with Crippen molar-refractivity contribution in [2.45, 2.75) is 13.8 Å². The van der Waals surface area contributed by atoms with Crippen molar-refractivity contribution in [1.29, 1.82) is 0 Å². The molecule has 1 rings (SSSR count). The minimum absolute atomic E-state index is 0.242. The third-order valence-corrected chi connectivity index (χ3v) is 3.22. The van der Waals surface area contributed by atoms with Crippen molar-refractivity contribution in [3.63, 3.8) is 0 Å². The Labute approximate surface area is 105 Å². The first-order valence-corrected chi connectivity index (χ1v) is 6.23. The molecule has 90 valence electrons. The van der Waals surface area contributed by atoms with Crippen LogP contribution in [0.3, 0.4) is 0 Å². The molecule has 3 N–H and O–H groups in total. The Kier molecular flexibility index (Phi) is 5.22. The van der Waals surface area contributed by atoms with Gasteiger partial charge in [-0.25, -0.2) is 4.39 Å². The van der Waals surface area contributed by atoms with E-state index in [4.69, 9.17) is 5.73 Å². The molecule has 0 spiro atoms. The molecule has 1 aromatic carbocycles. The van der Waals surface area contributed by atoms with E-state index in [9.17, 15) is 4.39 Å². The van der Waals surface area contributed by atoms with Crippen molar-refractivity contribution in [2.75, 3.05) is 18.4 Å². The Hall–Kier alpha value is -0.610. The van der Waals surface area contributed by atoms with Crippen molar-refractivity contribution in [3.05, 3.63) is 28.5 Å². The lowest BCUT2D eigenvalue weighted by atomic mass is 9.96. The monoisotopic (exact) mass is 288 g/mol. The Morgan fingerprint density at radius 2 is 2.12 bits per heavy atom. The Morgan fingerprint density at radius 3 is 2.62 bits per heavy atom. The highest BCUT2D eigenvalue weighted by Gasteiger charge is 2.12. The van der Waals surface area contributed by atoms with Gasteiger partial charge in [0.15, 0.2) is 0 Å². The van der Waals surface area contributed by atoms with Crippen LogP contribution in [0.2, 0.25) is 0 Å². The van der Waals surface area contributed by atoms with Gasteiger partial charge in [0.1, 0.15) is 5.82 Å². The van der Waals surface area contributed by atoms with Crippen LogP contribution >= 0.6 is 15.9 Å². The van der Waals surface area contributed by atoms with E-state index in [2.05, 4.69) is 35.1 Å². The quantitative estimate of drug-likeness (QED) is 0.873. The second-order valence-corrected chi connectivity index (χ2v) is 5.16. The molecule has 0 radical (unpaired) electrons. The fraction of sp³-hybridized carbons (Fsp3) is 0.500. The van der Waals surface area contributed by atoms with Gasteiger partial charge in [-0.05, 0) is 36.6 Å². The maximum atomic E-state index is 13.5. The lowest BCUT2D eigenvalue weighted by molar-refractivity contribution is 0.412. The first-order chi connectivity index (χ1) is 7.54. The highest BCUT2D eigenvalue weighted by atomic mass is 79.9. The highest BCUT2D eigenvalue weighted by Crippen LogP contribution is 2.20. The van der Waals surface area contributed by atoms with Gasteiger partial charge in [-0.15, -0.1) is 0 Å². The molecular formula is C12H18BrFN2. The lowest BCUT2D eigenvalue weighted by Crippen LogP contribution is -2.27. The average Bonchev–Trinajstić information content (AvgIpc) is 2.21. The number of benzene rings is 1. The van der Waals surface area contributed by atoms with Gasteiger partial charge in [0.05, 0.1) is 5.69 Å². The second kappa shape index (κ2) is 6.21. The van der Waals surface area contributed by atoms with Crippen molar-refractivity contribution in [3.8, 4) is 0 Å². The van der Waals surface area contributed by atoms with Crippen LogP contribution in [0.25, 0.3) is 0 Å². The first-order valence-electron chi connectivity index (χ1n) is 5.43. The van der Waals surface area contributed by atoms with E-state index < -0.39 is 0 Å². The minimum atomic E-state index is -0.242. The molecule has 1 atom stereocenters. The molecule has 0 aliphatic carbocycles. The van der Waals surface area contributed by atoms with Gasteiger partial charge in [0.2, 0.25) is 0 Å². The zero-order valence-electron chi connectivity index (χ0n) is 9.63. The summed E-state index contributed by atoms with van der Waals surface area (Å²) in [5.41, 5.74) is 6.19. The maximum Gasteiger partial charge on any atom is 0.147 e. The van der Waals surface area contributed by atoms with E-state index in [1.54, 1.807) is 6.07 Å².